The van der Waals surface area contributed by atoms with Crippen molar-refractivity contribution in [3.05, 3.63) is 0 Å². The third-order valence-electron chi connectivity index (χ3n) is 3.31. The minimum Gasteiger partial charge on any atom is -0.384 e. The Bertz CT molecular complexity index is 298. The van der Waals surface area contributed by atoms with Crippen LogP contribution in [0, 0.1) is 5.92 Å². The van der Waals surface area contributed by atoms with E-state index >= 15 is 0 Å². The molecule has 2 atom stereocenters. The molecule has 2 saturated heterocycles. The van der Waals surface area contributed by atoms with Gasteiger partial charge < -0.3 is 15.0 Å². The van der Waals surface area contributed by atoms with E-state index in [1.165, 1.54) is 0 Å². The zero-order valence-electron chi connectivity index (χ0n) is 10.1. The van der Waals surface area contributed by atoms with Crippen molar-refractivity contribution >= 4 is 11.8 Å². The number of hydrogen-bond donors (Lipinski definition) is 2. The molecule has 0 aromatic carbocycles. The van der Waals surface area contributed by atoms with Crippen LogP contribution in [0.1, 0.15) is 6.42 Å². The lowest BCUT2D eigenvalue weighted by molar-refractivity contribution is -0.134. The molecule has 2 unspecified atom stereocenters. The van der Waals surface area contributed by atoms with Gasteiger partial charge in [-0.3, -0.25) is 14.9 Å². The highest BCUT2D eigenvalue weighted by Crippen LogP contribution is 2.17. The molecule has 0 bridgehead atoms. The largest absolute Gasteiger partial charge is 0.384 e. The van der Waals surface area contributed by atoms with E-state index in [4.69, 9.17) is 4.74 Å². The van der Waals surface area contributed by atoms with Crippen molar-refractivity contribution in [2.45, 2.75) is 12.5 Å². The van der Waals surface area contributed by atoms with Gasteiger partial charge in [-0.15, -0.1) is 0 Å². The van der Waals surface area contributed by atoms with Crippen LogP contribution in [0.3, 0.4) is 0 Å². The number of amides is 2. The maximum Gasteiger partial charge on any atom is 0.241 e. The normalized spacial score (nSPS) is 29.2. The first-order chi connectivity index (χ1) is 8.20. The highest BCUT2D eigenvalue weighted by Gasteiger charge is 2.32. The summed E-state index contributed by atoms with van der Waals surface area (Å²) < 4.78 is 5.10. The van der Waals surface area contributed by atoms with Crippen molar-refractivity contribution in [1.29, 1.82) is 0 Å². The maximum absolute atomic E-state index is 12.1. The van der Waals surface area contributed by atoms with Crippen LogP contribution in [-0.4, -0.2) is 62.7 Å². The summed E-state index contributed by atoms with van der Waals surface area (Å²) in [5.74, 6) is 0.485. The zero-order valence-corrected chi connectivity index (χ0v) is 10.1. The molecule has 0 saturated carbocycles. The van der Waals surface area contributed by atoms with Crippen LogP contribution in [-0.2, 0) is 14.3 Å². The number of nitrogens with one attached hydrogen (secondary N) is 2. The Morgan fingerprint density at radius 3 is 3.06 bits per heavy atom. The number of methoxy groups -OCH3 is 1. The minimum absolute atomic E-state index is 0.0484. The Hall–Kier alpha value is -1.14. The van der Waals surface area contributed by atoms with Crippen molar-refractivity contribution in [3.63, 3.8) is 0 Å². The number of ether oxygens (including phenoxy) is 1. The Balaban J connectivity index is 1.82. The van der Waals surface area contributed by atoms with E-state index in [0.29, 0.717) is 19.1 Å². The Morgan fingerprint density at radius 2 is 2.41 bits per heavy atom. The molecule has 2 N–H and O–H groups in total. The molecule has 0 aromatic rings. The second-order valence-electron chi connectivity index (χ2n) is 4.63. The standard InChI is InChI=1S/C11H19N3O3/c1-17-7-8-2-3-14(6-8)11(16)9-4-13-10(15)5-12-9/h8-9,12H,2-7H2,1H3,(H,13,15). The number of carbonyl (C=O) groups excluding carboxylic acids is 2. The molecule has 0 aromatic heterocycles. The first kappa shape index (κ1) is 12.3. The smallest absolute Gasteiger partial charge is 0.241 e. The fourth-order valence-corrected chi connectivity index (χ4v) is 2.37. The number of hydrogen-bond acceptors (Lipinski definition) is 4. The predicted molar refractivity (Wildman–Crippen MR) is 61.4 cm³/mol. The zero-order chi connectivity index (χ0) is 12.3. The molecule has 0 radical (unpaired) electrons. The van der Waals surface area contributed by atoms with Gasteiger partial charge in [0, 0.05) is 32.7 Å². The number of carbonyl (C=O) groups is 2. The number of rotatable bonds is 3. The predicted octanol–water partition coefficient (Wildman–Crippen LogP) is -1.43. The molecule has 6 heteroatoms. The van der Waals surface area contributed by atoms with Crippen LogP contribution < -0.4 is 10.6 Å². The van der Waals surface area contributed by atoms with Crippen molar-refractivity contribution in [3.8, 4) is 0 Å². The first-order valence-corrected chi connectivity index (χ1v) is 5.98. The van der Waals surface area contributed by atoms with Crippen LogP contribution in [0.5, 0.6) is 0 Å². The van der Waals surface area contributed by atoms with Gasteiger partial charge in [0.15, 0.2) is 0 Å². The van der Waals surface area contributed by atoms with Crippen LogP contribution >= 0.6 is 0 Å². The van der Waals surface area contributed by atoms with Crippen molar-refractivity contribution < 1.29 is 14.3 Å². The molecule has 2 rings (SSSR count). The molecule has 2 aliphatic rings. The molecular weight excluding hydrogens is 222 g/mol. The Labute approximate surface area is 101 Å². The maximum atomic E-state index is 12.1. The van der Waals surface area contributed by atoms with Crippen molar-refractivity contribution in [2.75, 3.05) is 39.9 Å². The molecule has 6 nitrogen and oxygen atoms in total. The molecule has 96 valence electrons. The number of likely N-dealkylation sites (tertiary alicyclic amines) is 1. The van der Waals surface area contributed by atoms with Crippen molar-refractivity contribution in [2.24, 2.45) is 5.92 Å². The van der Waals surface area contributed by atoms with Gasteiger partial charge in [0.25, 0.3) is 0 Å². The number of piperazine rings is 1. The lowest BCUT2D eigenvalue weighted by Crippen LogP contribution is -2.58. The summed E-state index contributed by atoms with van der Waals surface area (Å²) in [4.78, 5) is 25.0. The van der Waals surface area contributed by atoms with Crippen LogP contribution in [0.25, 0.3) is 0 Å². The van der Waals surface area contributed by atoms with Gasteiger partial charge in [0.1, 0.15) is 6.04 Å². The third-order valence-corrected chi connectivity index (χ3v) is 3.31. The molecule has 2 amide bonds. The molecule has 17 heavy (non-hydrogen) atoms. The van der Waals surface area contributed by atoms with E-state index in [2.05, 4.69) is 10.6 Å². The summed E-state index contributed by atoms with van der Waals surface area (Å²) in [5, 5.41) is 5.66. The molecular formula is C11H19N3O3. The van der Waals surface area contributed by atoms with E-state index in [0.717, 1.165) is 19.5 Å². The molecule has 2 fully saturated rings. The summed E-state index contributed by atoms with van der Waals surface area (Å²) in [6, 6.07) is -0.269. The fraction of sp³-hybridized carbons (Fsp3) is 0.818. The van der Waals surface area contributed by atoms with Gasteiger partial charge in [-0.05, 0) is 6.42 Å². The fourth-order valence-electron chi connectivity index (χ4n) is 2.37. The summed E-state index contributed by atoms with van der Waals surface area (Å²) in [5.41, 5.74) is 0. The van der Waals surface area contributed by atoms with Gasteiger partial charge >= 0.3 is 0 Å². The Kier molecular flexibility index (Phi) is 3.96. The summed E-state index contributed by atoms with van der Waals surface area (Å²) in [6.07, 6.45) is 0.999. The third kappa shape index (κ3) is 2.95. The summed E-state index contributed by atoms with van der Waals surface area (Å²) >= 11 is 0. The van der Waals surface area contributed by atoms with E-state index in [-0.39, 0.29) is 24.4 Å². The highest BCUT2D eigenvalue weighted by atomic mass is 16.5. The van der Waals surface area contributed by atoms with Gasteiger partial charge in [0.05, 0.1) is 13.2 Å². The van der Waals surface area contributed by atoms with Gasteiger partial charge in [-0.25, -0.2) is 0 Å². The van der Waals surface area contributed by atoms with Gasteiger partial charge in [-0.1, -0.05) is 0 Å². The molecule has 0 aliphatic carbocycles. The second-order valence-corrected chi connectivity index (χ2v) is 4.63. The van der Waals surface area contributed by atoms with Crippen molar-refractivity contribution in [1.82, 2.24) is 15.5 Å². The second kappa shape index (κ2) is 5.46. The molecule has 0 spiro atoms. The van der Waals surface area contributed by atoms with E-state index in [9.17, 15) is 9.59 Å². The summed E-state index contributed by atoms with van der Waals surface area (Å²) in [7, 11) is 1.68. The highest BCUT2D eigenvalue weighted by molar-refractivity contribution is 5.86. The monoisotopic (exact) mass is 241 g/mol. The van der Waals surface area contributed by atoms with Gasteiger partial charge in [-0.2, -0.15) is 0 Å². The quantitative estimate of drug-likeness (QED) is 0.635. The lowest BCUT2D eigenvalue weighted by Gasteiger charge is -2.27. The lowest BCUT2D eigenvalue weighted by atomic mass is 10.1. The number of nitrogens with zero attached hydrogens (tertiary/aromatic N) is 1. The average Bonchev–Trinajstić information content (AvgIpc) is 2.78. The van der Waals surface area contributed by atoms with E-state index in [1.54, 1.807) is 7.11 Å². The SMILES string of the molecule is COCC1CCN(C(=O)C2CNC(=O)CN2)C1. The van der Waals surface area contributed by atoms with E-state index in [1.807, 2.05) is 4.90 Å². The van der Waals surface area contributed by atoms with E-state index < -0.39 is 0 Å². The average molecular weight is 241 g/mol. The van der Waals surface area contributed by atoms with Crippen LogP contribution in [0.2, 0.25) is 0 Å². The van der Waals surface area contributed by atoms with Gasteiger partial charge in [0.2, 0.25) is 11.8 Å². The molecule has 2 heterocycles. The van der Waals surface area contributed by atoms with Crippen LogP contribution in [0.4, 0.5) is 0 Å². The minimum atomic E-state index is -0.269. The topological polar surface area (TPSA) is 70.7 Å². The van der Waals surface area contributed by atoms with Crippen LogP contribution in [0.15, 0.2) is 0 Å². The molecule has 2 aliphatic heterocycles. The Morgan fingerprint density at radius 1 is 1.59 bits per heavy atom. The first-order valence-electron chi connectivity index (χ1n) is 5.98. The summed E-state index contributed by atoms with van der Waals surface area (Å²) in [6.45, 7) is 2.88.